The Kier molecular flexibility index (Phi) is 5.76. The van der Waals surface area contributed by atoms with Crippen LogP contribution in [0.25, 0.3) is 11.7 Å². The normalized spacial score (nSPS) is 14.4. The first-order valence-corrected chi connectivity index (χ1v) is 9.92. The molecule has 0 spiro atoms. The molecule has 156 valence electrons. The number of pyridine rings is 1. The van der Waals surface area contributed by atoms with E-state index < -0.39 is 17.3 Å². The van der Waals surface area contributed by atoms with Crippen LogP contribution in [0.15, 0.2) is 59.0 Å². The minimum Gasteiger partial charge on any atom is -0.438 e. The average Bonchev–Trinajstić information content (AvgIpc) is 3.28. The van der Waals surface area contributed by atoms with Gasteiger partial charge in [0.2, 0.25) is 5.88 Å². The number of halogens is 1. The molecule has 2 heterocycles. The van der Waals surface area contributed by atoms with Crippen molar-refractivity contribution in [3.8, 4) is 17.7 Å². The number of carbonyl (C=O) groups is 1. The molecule has 0 unspecified atom stereocenters. The molecule has 1 saturated carbocycles. The number of benzene rings is 1. The smallest absolute Gasteiger partial charge is 0.269 e. The fourth-order valence-corrected chi connectivity index (χ4v) is 3.52. The Morgan fingerprint density at radius 1 is 1.23 bits per heavy atom. The maximum absolute atomic E-state index is 13.2. The molecule has 0 bridgehead atoms. The molecule has 1 N–H and O–H groups in total. The third-order valence-corrected chi connectivity index (χ3v) is 5.11. The van der Waals surface area contributed by atoms with Crippen LogP contribution in [-0.2, 0) is 4.79 Å². The Labute approximate surface area is 177 Å². The van der Waals surface area contributed by atoms with Crippen molar-refractivity contribution >= 4 is 17.6 Å². The molecule has 0 saturated heterocycles. The van der Waals surface area contributed by atoms with Gasteiger partial charge in [0.15, 0.2) is 0 Å². The monoisotopic (exact) mass is 418 g/mol. The van der Waals surface area contributed by atoms with Gasteiger partial charge in [0.1, 0.15) is 34.4 Å². The van der Waals surface area contributed by atoms with Gasteiger partial charge in [-0.25, -0.2) is 4.39 Å². The summed E-state index contributed by atoms with van der Waals surface area (Å²) in [4.78, 5) is 30.1. The highest BCUT2D eigenvalue weighted by Crippen LogP contribution is 2.24. The lowest BCUT2D eigenvalue weighted by Crippen LogP contribution is -2.33. The van der Waals surface area contributed by atoms with E-state index in [9.17, 15) is 19.2 Å². The first-order valence-electron chi connectivity index (χ1n) is 9.92. The molecular weight excluding hydrogens is 399 g/mol. The molecule has 4 rings (SSSR count). The predicted molar refractivity (Wildman–Crippen MR) is 112 cm³/mol. The minimum absolute atomic E-state index is 0.0232. The van der Waals surface area contributed by atoms with Gasteiger partial charge in [0.25, 0.3) is 11.5 Å². The number of ether oxygens (including phenoxy) is 1. The van der Waals surface area contributed by atoms with Crippen LogP contribution in [0.4, 0.5) is 4.39 Å². The largest absolute Gasteiger partial charge is 0.438 e. The maximum atomic E-state index is 13.2. The second-order valence-corrected chi connectivity index (χ2v) is 7.25. The molecule has 0 atom stereocenters. The number of hydrogen-bond donors (Lipinski definition) is 1. The first kappa shape index (κ1) is 20.3. The molecular formula is C23H19FN4O3. The van der Waals surface area contributed by atoms with Crippen LogP contribution in [0, 0.1) is 17.1 Å². The number of aromatic nitrogens is 2. The number of nitrogens with one attached hydrogen (secondary N) is 1. The van der Waals surface area contributed by atoms with Gasteiger partial charge >= 0.3 is 0 Å². The van der Waals surface area contributed by atoms with Crippen molar-refractivity contribution in [2.75, 3.05) is 0 Å². The van der Waals surface area contributed by atoms with E-state index in [4.69, 9.17) is 4.74 Å². The molecule has 3 aromatic rings. The quantitative estimate of drug-likeness (QED) is 0.505. The van der Waals surface area contributed by atoms with Crippen molar-refractivity contribution in [3.63, 3.8) is 0 Å². The number of carbonyl (C=O) groups excluding carboxylic acids is 1. The Bertz CT molecular complexity index is 1250. The topological polar surface area (TPSA) is 96.5 Å². The molecule has 1 aliphatic rings. The van der Waals surface area contributed by atoms with Crippen molar-refractivity contribution in [1.29, 1.82) is 5.26 Å². The maximum Gasteiger partial charge on any atom is 0.269 e. The number of hydrogen-bond acceptors (Lipinski definition) is 5. The van der Waals surface area contributed by atoms with E-state index in [-0.39, 0.29) is 28.8 Å². The van der Waals surface area contributed by atoms with Crippen LogP contribution in [0.1, 0.15) is 31.2 Å². The van der Waals surface area contributed by atoms with Gasteiger partial charge in [0.05, 0.1) is 0 Å². The highest BCUT2D eigenvalue weighted by molar-refractivity contribution is 6.02. The van der Waals surface area contributed by atoms with Crippen molar-refractivity contribution in [1.82, 2.24) is 14.7 Å². The second-order valence-electron chi connectivity index (χ2n) is 7.25. The lowest BCUT2D eigenvalue weighted by Gasteiger charge is -2.12. The van der Waals surface area contributed by atoms with Gasteiger partial charge in [-0.05, 0) is 55.3 Å². The van der Waals surface area contributed by atoms with E-state index >= 15 is 0 Å². The molecule has 8 heteroatoms. The third kappa shape index (κ3) is 4.46. The van der Waals surface area contributed by atoms with E-state index in [1.54, 1.807) is 18.2 Å². The molecule has 1 aliphatic carbocycles. The third-order valence-electron chi connectivity index (χ3n) is 5.11. The molecule has 7 nitrogen and oxygen atoms in total. The van der Waals surface area contributed by atoms with Gasteiger partial charge in [-0.3, -0.25) is 14.0 Å². The van der Waals surface area contributed by atoms with Crippen LogP contribution in [0.3, 0.4) is 0 Å². The second kappa shape index (κ2) is 8.79. The molecule has 2 aromatic heterocycles. The van der Waals surface area contributed by atoms with Crippen molar-refractivity contribution < 1.29 is 13.9 Å². The standard InChI is InChI=1S/C23H19FN4O3/c24-16-8-10-18(11-9-16)31-22-19(23(30)28-12-4-3-7-20(28)27-22)13-15(14-25)21(29)26-17-5-1-2-6-17/h3-4,7-13,17H,1-2,5-6H2,(H,26,29)/b15-13-. The van der Waals surface area contributed by atoms with E-state index in [0.29, 0.717) is 5.65 Å². The summed E-state index contributed by atoms with van der Waals surface area (Å²) < 4.78 is 20.3. The fourth-order valence-electron chi connectivity index (χ4n) is 3.52. The van der Waals surface area contributed by atoms with E-state index in [0.717, 1.165) is 25.7 Å². The number of amides is 1. The Morgan fingerprint density at radius 3 is 2.68 bits per heavy atom. The van der Waals surface area contributed by atoms with E-state index in [2.05, 4.69) is 10.3 Å². The summed E-state index contributed by atoms with van der Waals surface area (Å²) in [5.41, 5.74) is -0.434. The van der Waals surface area contributed by atoms with Crippen LogP contribution < -0.4 is 15.6 Å². The average molecular weight is 418 g/mol. The first-order chi connectivity index (χ1) is 15.0. The highest BCUT2D eigenvalue weighted by atomic mass is 19.1. The minimum atomic E-state index is -0.542. The van der Waals surface area contributed by atoms with Crippen molar-refractivity contribution in [2.45, 2.75) is 31.7 Å². The fraction of sp³-hybridized carbons (Fsp3) is 0.217. The summed E-state index contributed by atoms with van der Waals surface area (Å²) >= 11 is 0. The summed E-state index contributed by atoms with van der Waals surface area (Å²) in [6.45, 7) is 0. The molecule has 1 fully saturated rings. The summed E-state index contributed by atoms with van der Waals surface area (Å²) in [7, 11) is 0. The number of rotatable bonds is 5. The zero-order chi connectivity index (χ0) is 21.8. The SMILES string of the molecule is N#C/C(=C/c1c(Oc2ccc(F)cc2)nc2ccccn2c1=O)C(=O)NC1CCCC1. The van der Waals surface area contributed by atoms with Gasteiger partial charge in [-0.1, -0.05) is 18.9 Å². The zero-order valence-corrected chi connectivity index (χ0v) is 16.5. The van der Waals surface area contributed by atoms with Crippen LogP contribution in [0.5, 0.6) is 11.6 Å². The van der Waals surface area contributed by atoms with Gasteiger partial charge in [0, 0.05) is 12.2 Å². The number of nitrogens with zero attached hydrogens (tertiary/aromatic N) is 3. The van der Waals surface area contributed by atoms with Gasteiger partial charge in [-0.15, -0.1) is 0 Å². The van der Waals surface area contributed by atoms with Crippen molar-refractivity contribution in [2.24, 2.45) is 0 Å². The Hall–Kier alpha value is -3.99. The summed E-state index contributed by atoms with van der Waals surface area (Å²) in [6.07, 6.45) is 6.52. The molecule has 0 radical (unpaired) electrons. The Morgan fingerprint density at radius 2 is 1.97 bits per heavy atom. The van der Waals surface area contributed by atoms with Gasteiger partial charge < -0.3 is 10.1 Å². The van der Waals surface area contributed by atoms with Crippen LogP contribution >= 0.6 is 0 Å². The molecule has 1 aromatic carbocycles. The summed E-state index contributed by atoms with van der Waals surface area (Å²) in [5.74, 6) is -0.796. The number of fused-ring (bicyclic) bond motifs is 1. The lowest BCUT2D eigenvalue weighted by molar-refractivity contribution is -0.117. The molecule has 31 heavy (non-hydrogen) atoms. The summed E-state index contributed by atoms with van der Waals surface area (Å²) in [6, 6.07) is 12.1. The van der Waals surface area contributed by atoms with Crippen LogP contribution in [0.2, 0.25) is 0 Å². The highest BCUT2D eigenvalue weighted by Gasteiger charge is 2.21. The van der Waals surface area contributed by atoms with Crippen LogP contribution in [-0.4, -0.2) is 21.3 Å². The van der Waals surface area contributed by atoms with Gasteiger partial charge in [-0.2, -0.15) is 10.2 Å². The Balaban J connectivity index is 1.78. The molecule has 1 amide bonds. The zero-order valence-electron chi connectivity index (χ0n) is 16.5. The van der Waals surface area contributed by atoms with Crippen molar-refractivity contribution in [3.05, 3.63) is 76.0 Å². The summed E-state index contributed by atoms with van der Waals surface area (Å²) in [5, 5.41) is 12.4. The van der Waals surface area contributed by atoms with E-state index in [1.807, 2.05) is 6.07 Å². The van der Waals surface area contributed by atoms with E-state index in [1.165, 1.54) is 40.9 Å². The molecule has 0 aliphatic heterocycles. The predicted octanol–water partition coefficient (Wildman–Crippen LogP) is 3.59. The lowest BCUT2D eigenvalue weighted by atomic mass is 10.1. The number of nitriles is 1.